The van der Waals surface area contributed by atoms with E-state index in [9.17, 15) is 4.79 Å². The Balaban J connectivity index is 1.97. The lowest BCUT2D eigenvalue weighted by atomic mass is 10.1. The minimum atomic E-state index is 0.0135. The molecule has 18 heavy (non-hydrogen) atoms. The van der Waals surface area contributed by atoms with Gasteiger partial charge in [0.15, 0.2) is 0 Å². The lowest BCUT2D eigenvalue weighted by Crippen LogP contribution is -2.17. The number of nitrogens with one attached hydrogen (secondary N) is 1. The predicted molar refractivity (Wildman–Crippen MR) is 71.1 cm³/mol. The van der Waals surface area contributed by atoms with Crippen LogP contribution in [-0.2, 0) is 19.3 Å². The molecule has 1 aliphatic rings. The number of hydrogen-bond acceptors (Lipinski definition) is 2. The second-order valence-electron chi connectivity index (χ2n) is 4.56. The van der Waals surface area contributed by atoms with Gasteiger partial charge >= 0.3 is 0 Å². The van der Waals surface area contributed by atoms with Crippen molar-refractivity contribution < 1.29 is 0 Å². The Labute approximate surface area is 110 Å². The molecule has 1 aromatic carbocycles. The van der Waals surface area contributed by atoms with Crippen LogP contribution < -0.4 is 5.56 Å². The molecule has 0 amide bonds. The third kappa shape index (κ3) is 2.06. The Kier molecular flexibility index (Phi) is 2.92. The monoisotopic (exact) mass is 260 g/mol. The molecule has 3 nitrogen and oxygen atoms in total. The number of rotatable bonds is 2. The molecule has 0 saturated carbocycles. The number of aromatic amines is 1. The van der Waals surface area contributed by atoms with Crippen LogP contribution in [0.2, 0.25) is 5.02 Å². The van der Waals surface area contributed by atoms with Crippen molar-refractivity contribution in [1.82, 2.24) is 9.97 Å². The highest BCUT2D eigenvalue weighted by Crippen LogP contribution is 2.19. The first-order chi connectivity index (χ1) is 8.74. The van der Waals surface area contributed by atoms with Gasteiger partial charge < -0.3 is 4.98 Å². The second-order valence-corrected chi connectivity index (χ2v) is 4.97. The first-order valence-electron chi connectivity index (χ1n) is 6.08. The van der Waals surface area contributed by atoms with Crippen LogP contribution in [0, 0.1) is 0 Å². The minimum Gasteiger partial charge on any atom is -0.310 e. The highest BCUT2D eigenvalue weighted by atomic mass is 35.5. The highest BCUT2D eigenvalue weighted by Gasteiger charge is 2.17. The van der Waals surface area contributed by atoms with Gasteiger partial charge in [0.2, 0.25) is 0 Å². The first kappa shape index (κ1) is 11.5. The molecular weight excluding hydrogens is 248 g/mol. The molecule has 2 aromatic rings. The number of H-pyrrole nitrogens is 1. The van der Waals surface area contributed by atoms with Crippen LogP contribution in [0.5, 0.6) is 0 Å². The summed E-state index contributed by atoms with van der Waals surface area (Å²) >= 11 is 6.11. The molecule has 4 heteroatoms. The molecule has 0 atom stereocenters. The molecule has 0 fully saturated rings. The van der Waals surface area contributed by atoms with Gasteiger partial charge in [-0.05, 0) is 30.9 Å². The van der Waals surface area contributed by atoms with Gasteiger partial charge in [-0.3, -0.25) is 4.79 Å². The van der Waals surface area contributed by atoms with Gasteiger partial charge in [-0.1, -0.05) is 29.8 Å². The van der Waals surface area contributed by atoms with Crippen molar-refractivity contribution in [3.05, 3.63) is 62.3 Å². The van der Waals surface area contributed by atoms with Crippen LogP contribution >= 0.6 is 11.6 Å². The molecule has 0 unspecified atom stereocenters. The fourth-order valence-electron chi connectivity index (χ4n) is 2.40. The number of aryl methyl sites for hydroxylation is 1. The van der Waals surface area contributed by atoms with Crippen molar-refractivity contribution in [2.24, 2.45) is 0 Å². The van der Waals surface area contributed by atoms with Crippen molar-refractivity contribution in [2.75, 3.05) is 0 Å². The van der Waals surface area contributed by atoms with E-state index in [1.807, 2.05) is 24.3 Å². The van der Waals surface area contributed by atoms with Crippen molar-refractivity contribution in [2.45, 2.75) is 25.7 Å². The Bertz CT molecular complexity index is 648. The van der Waals surface area contributed by atoms with E-state index in [1.54, 1.807) is 0 Å². The number of fused-ring (bicyclic) bond motifs is 1. The van der Waals surface area contributed by atoms with E-state index in [-0.39, 0.29) is 5.56 Å². The second kappa shape index (κ2) is 4.58. The van der Waals surface area contributed by atoms with Crippen molar-refractivity contribution in [3.8, 4) is 0 Å². The van der Waals surface area contributed by atoms with Crippen molar-refractivity contribution >= 4 is 11.6 Å². The summed E-state index contributed by atoms with van der Waals surface area (Å²) in [5.41, 5.74) is 2.82. The summed E-state index contributed by atoms with van der Waals surface area (Å²) in [5.74, 6) is 0.703. The third-order valence-corrected chi connectivity index (χ3v) is 3.67. The number of benzene rings is 1. The fourth-order valence-corrected chi connectivity index (χ4v) is 2.60. The normalized spacial score (nSPS) is 13.6. The van der Waals surface area contributed by atoms with Crippen molar-refractivity contribution in [3.63, 3.8) is 0 Å². The van der Waals surface area contributed by atoms with Crippen LogP contribution in [0.1, 0.15) is 29.1 Å². The maximum absolute atomic E-state index is 11.9. The standard InChI is InChI=1S/C14H13ClN2O/c15-11-6-2-1-4-9(11)8-13-16-12-7-3-5-10(12)14(18)17-13/h1-2,4,6H,3,5,7-8H2,(H,16,17,18). The lowest BCUT2D eigenvalue weighted by molar-refractivity contribution is 0.883. The van der Waals surface area contributed by atoms with Crippen LogP contribution in [0.4, 0.5) is 0 Å². The van der Waals surface area contributed by atoms with Crippen LogP contribution in [0.15, 0.2) is 29.1 Å². The van der Waals surface area contributed by atoms with Gasteiger partial charge in [-0.25, -0.2) is 4.98 Å². The smallest absolute Gasteiger partial charge is 0.254 e. The summed E-state index contributed by atoms with van der Waals surface area (Å²) in [6.07, 6.45) is 3.36. The molecule has 92 valence electrons. The van der Waals surface area contributed by atoms with Gasteiger partial charge in [0.05, 0.1) is 5.69 Å². The molecule has 1 N–H and O–H groups in total. The lowest BCUT2D eigenvalue weighted by Gasteiger charge is -2.05. The minimum absolute atomic E-state index is 0.0135. The van der Waals surface area contributed by atoms with E-state index in [0.717, 1.165) is 36.1 Å². The maximum atomic E-state index is 11.9. The van der Waals surface area contributed by atoms with E-state index in [4.69, 9.17) is 11.6 Å². The van der Waals surface area contributed by atoms with E-state index < -0.39 is 0 Å². The molecule has 0 aliphatic heterocycles. The summed E-state index contributed by atoms with van der Waals surface area (Å²) in [4.78, 5) is 19.3. The predicted octanol–water partition coefficient (Wildman–Crippen LogP) is 2.50. The molecule has 3 rings (SSSR count). The third-order valence-electron chi connectivity index (χ3n) is 3.31. The molecule has 1 aromatic heterocycles. The zero-order valence-corrected chi connectivity index (χ0v) is 10.6. The summed E-state index contributed by atoms with van der Waals surface area (Å²) in [6.45, 7) is 0. The van der Waals surface area contributed by atoms with Crippen molar-refractivity contribution in [1.29, 1.82) is 0 Å². The largest absolute Gasteiger partial charge is 0.310 e. The van der Waals surface area contributed by atoms with E-state index in [2.05, 4.69) is 9.97 Å². The topological polar surface area (TPSA) is 45.8 Å². The summed E-state index contributed by atoms with van der Waals surface area (Å²) < 4.78 is 0. The summed E-state index contributed by atoms with van der Waals surface area (Å²) in [5, 5.41) is 0.709. The summed E-state index contributed by atoms with van der Waals surface area (Å²) in [7, 11) is 0. The maximum Gasteiger partial charge on any atom is 0.254 e. The highest BCUT2D eigenvalue weighted by molar-refractivity contribution is 6.31. The van der Waals surface area contributed by atoms with Crippen LogP contribution in [0.25, 0.3) is 0 Å². The van der Waals surface area contributed by atoms with Gasteiger partial charge in [0, 0.05) is 17.0 Å². The van der Waals surface area contributed by atoms with E-state index in [0.29, 0.717) is 17.3 Å². The number of halogens is 1. The van der Waals surface area contributed by atoms with Crippen LogP contribution in [-0.4, -0.2) is 9.97 Å². The average Bonchev–Trinajstić information content (AvgIpc) is 2.81. The average molecular weight is 261 g/mol. The first-order valence-corrected chi connectivity index (χ1v) is 6.46. The molecule has 0 bridgehead atoms. The molecule has 0 radical (unpaired) electrons. The number of aromatic nitrogens is 2. The molecule has 0 spiro atoms. The Hall–Kier alpha value is -1.61. The van der Waals surface area contributed by atoms with E-state index in [1.165, 1.54) is 0 Å². The fraction of sp³-hybridized carbons (Fsp3) is 0.286. The molecule has 1 heterocycles. The zero-order chi connectivity index (χ0) is 12.5. The van der Waals surface area contributed by atoms with Gasteiger partial charge in [-0.2, -0.15) is 0 Å². The van der Waals surface area contributed by atoms with Gasteiger partial charge in [0.1, 0.15) is 5.82 Å². The Morgan fingerprint density at radius 2 is 2.11 bits per heavy atom. The summed E-state index contributed by atoms with van der Waals surface area (Å²) in [6, 6.07) is 7.63. The molecular formula is C14H13ClN2O. The number of nitrogens with zero attached hydrogens (tertiary/aromatic N) is 1. The molecule has 1 aliphatic carbocycles. The van der Waals surface area contributed by atoms with E-state index >= 15 is 0 Å². The Morgan fingerprint density at radius 1 is 1.28 bits per heavy atom. The molecule has 0 saturated heterocycles. The zero-order valence-electron chi connectivity index (χ0n) is 9.87. The number of hydrogen-bond donors (Lipinski definition) is 1. The van der Waals surface area contributed by atoms with Gasteiger partial charge in [0.25, 0.3) is 5.56 Å². The van der Waals surface area contributed by atoms with Gasteiger partial charge in [-0.15, -0.1) is 0 Å². The Morgan fingerprint density at radius 3 is 2.94 bits per heavy atom. The SMILES string of the molecule is O=c1[nH]c(Cc2ccccc2Cl)nc2c1CCC2. The van der Waals surface area contributed by atoms with Crippen LogP contribution in [0.3, 0.4) is 0 Å². The quantitative estimate of drug-likeness (QED) is 0.902.